The number of rotatable bonds is 0. The standard InChI is InChI=1S/C4H3S2/c1-2-4-6-5-3-1/h1-3H. The molecule has 1 rings (SSSR count). The molecule has 0 saturated carbocycles. The molecule has 0 aliphatic carbocycles. The molecule has 0 atom stereocenters. The van der Waals surface area contributed by atoms with Gasteiger partial charge in [-0.2, -0.15) is 0 Å². The van der Waals surface area contributed by atoms with Crippen LogP contribution in [-0.4, -0.2) is 0 Å². The molecule has 0 bridgehead atoms. The summed E-state index contributed by atoms with van der Waals surface area (Å²) in [6, 6.07) is 0. The zero-order valence-electron chi connectivity index (χ0n) is 3.05. The summed E-state index contributed by atoms with van der Waals surface area (Å²) in [6.07, 6.45) is 3.88. The molecule has 6 heavy (non-hydrogen) atoms. The third kappa shape index (κ3) is 1.11. The van der Waals surface area contributed by atoms with Crippen molar-refractivity contribution in [2.75, 3.05) is 0 Å². The van der Waals surface area contributed by atoms with Gasteiger partial charge in [-0.1, -0.05) is 27.7 Å². The highest BCUT2D eigenvalue weighted by molar-refractivity contribution is 8.78. The lowest BCUT2D eigenvalue weighted by atomic mass is 10.6. The van der Waals surface area contributed by atoms with Gasteiger partial charge in [0.1, 0.15) is 0 Å². The molecule has 0 nitrogen and oxygen atoms in total. The smallest absolute Gasteiger partial charge is 0.0331 e. The maximum atomic E-state index is 2.95. The van der Waals surface area contributed by atoms with Crippen molar-refractivity contribution in [3.05, 3.63) is 23.0 Å². The van der Waals surface area contributed by atoms with E-state index in [2.05, 4.69) is 5.41 Å². The van der Waals surface area contributed by atoms with Crippen LogP contribution in [0.1, 0.15) is 0 Å². The fourth-order valence-corrected chi connectivity index (χ4v) is 1.27. The molecule has 0 N–H and O–H groups in total. The Bertz CT molecular complexity index is 71.5. The van der Waals surface area contributed by atoms with Crippen LogP contribution in [0.25, 0.3) is 0 Å². The summed E-state index contributed by atoms with van der Waals surface area (Å²) in [5, 5.41) is 4.98. The summed E-state index contributed by atoms with van der Waals surface area (Å²) < 4.78 is 0. The Morgan fingerprint density at radius 3 is 2.67 bits per heavy atom. The van der Waals surface area contributed by atoms with Gasteiger partial charge < -0.3 is 0 Å². The van der Waals surface area contributed by atoms with Crippen LogP contribution < -0.4 is 0 Å². The first-order chi connectivity index (χ1) is 3.00. The number of allylic oxidation sites excluding steroid dienone is 2. The lowest BCUT2D eigenvalue weighted by Crippen LogP contribution is -1.50. The molecule has 0 unspecified atom stereocenters. The van der Waals surface area contributed by atoms with E-state index in [4.69, 9.17) is 0 Å². The highest BCUT2D eigenvalue weighted by Gasteiger charge is 1.79. The summed E-state index contributed by atoms with van der Waals surface area (Å²) >= 11 is 0. The third-order valence-electron chi connectivity index (χ3n) is 0.395. The van der Waals surface area contributed by atoms with Crippen LogP contribution in [0.5, 0.6) is 0 Å². The van der Waals surface area contributed by atoms with Crippen molar-refractivity contribution in [2.24, 2.45) is 0 Å². The maximum absolute atomic E-state index is 2.95. The molecule has 0 saturated heterocycles. The minimum absolute atomic E-state index is 1.62. The molecule has 0 aromatic rings. The van der Waals surface area contributed by atoms with Crippen molar-refractivity contribution in [3.63, 3.8) is 0 Å². The van der Waals surface area contributed by atoms with Crippen molar-refractivity contribution in [1.29, 1.82) is 0 Å². The summed E-state index contributed by atoms with van der Waals surface area (Å²) in [7, 11) is 3.31. The van der Waals surface area contributed by atoms with E-state index in [1.54, 1.807) is 21.6 Å². The highest BCUT2D eigenvalue weighted by Crippen LogP contribution is 2.25. The first kappa shape index (κ1) is 4.34. The van der Waals surface area contributed by atoms with Crippen LogP contribution in [0.4, 0.5) is 0 Å². The van der Waals surface area contributed by atoms with Gasteiger partial charge in [0.25, 0.3) is 0 Å². The average molecular weight is 115 g/mol. The highest BCUT2D eigenvalue weighted by atomic mass is 33.1. The van der Waals surface area contributed by atoms with E-state index in [1.165, 1.54) is 0 Å². The van der Waals surface area contributed by atoms with Crippen molar-refractivity contribution in [3.8, 4) is 0 Å². The fraction of sp³-hybridized carbons (Fsp3) is 0. The zero-order chi connectivity index (χ0) is 4.24. The molecular formula is C4H3S2. The molecular weight excluding hydrogens is 112 g/mol. The van der Waals surface area contributed by atoms with Crippen LogP contribution in [0.15, 0.2) is 17.6 Å². The van der Waals surface area contributed by atoms with Crippen LogP contribution in [-0.2, 0) is 0 Å². The van der Waals surface area contributed by atoms with Crippen LogP contribution in [0.3, 0.4) is 0 Å². The van der Waals surface area contributed by atoms with Crippen molar-refractivity contribution >= 4 is 21.6 Å². The molecule has 0 aromatic carbocycles. The second-order valence-corrected chi connectivity index (χ2v) is 2.74. The molecule has 0 fully saturated rings. The molecule has 1 radical (unpaired) electrons. The normalized spacial score (nSPS) is 18.7. The minimum Gasteiger partial charge on any atom is -0.0605 e. The molecule has 0 spiro atoms. The van der Waals surface area contributed by atoms with E-state index in [0.717, 1.165) is 0 Å². The minimum atomic E-state index is 1.62. The zero-order valence-corrected chi connectivity index (χ0v) is 4.68. The second-order valence-electron chi connectivity index (χ2n) is 0.793. The van der Waals surface area contributed by atoms with Crippen molar-refractivity contribution in [1.82, 2.24) is 0 Å². The largest absolute Gasteiger partial charge is 0.0605 e. The van der Waals surface area contributed by atoms with E-state index in [9.17, 15) is 0 Å². The van der Waals surface area contributed by atoms with Gasteiger partial charge in [-0.15, -0.1) is 0 Å². The Labute approximate surface area is 45.1 Å². The average Bonchev–Trinajstić information content (AvgIpc) is 1.72. The monoisotopic (exact) mass is 115 g/mol. The summed E-state index contributed by atoms with van der Waals surface area (Å²) in [4.78, 5) is 0. The Kier molecular flexibility index (Phi) is 1.71. The first-order valence-corrected chi connectivity index (χ1v) is 3.77. The molecule has 1 aliphatic rings. The maximum Gasteiger partial charge on any atom is 0.0331 e. The number of hydrogen-bond acceptors (Lipinski definition) is 2. The molecule has 0 aromatic heterocycles. The van der Waals surface area contributed by atoms with Gasteiger partial charge in [0.2, 0.25) is 0 Å². The van der Waals surface area contributed by atoms with E-state index >= 15 is 0 Å². The Morgan fingerprint density at radius 2 is 2.50 bits per heavy atom. The Morgan fingerprint density at radius 1 is 1.50 bits per heavy atom. The quantitative estimate of drug-likeness (QED) is 0.444. The van der Waals surface area contributed by atoms with Gasteiger partial charge in [0.15, 0.2) is 0 Å². The van der Waals surface area contributed by atoms with Gasteiger partial charge in [0.05, 0.1) is 0 Å². The van der Waals surface area contributed by atoms with Crippen molar-refractivity contribution < 1.29 is 0 Å². The Balaban J connectivity index is 2.46. The van der Waals surface area contributed by atoms with Crippen LogP contribution in [0.2, 0.25) is 0 Å². The van der Waals surface area contributed by atoms with Gasteiger partial charge in [-0.05, 0) is 11.5 Å². The lowest BCUT2D eigenvalue weighted by Gasteiger charge is -1.86. The third-order valence-corrected chi connectivity index (χ3v) is 1.90. The van der Waals surface area contributed by atoms with Gasteiger partial charge in [0, 0.05) is 5.41 Å². The Hall–Kier alpha value is 0.180. The van der Waals surface area contributed by atoms with E-state index in [-0.39, 0.29) is 0 Å². The molecule has 1 aliphatic heterocycles. The van der Waals surface area contributed by atoms with Gasteiger partial charge in [-0.3, -0.25) is 0 Å². The van der Waals surface area contributed by atoms with Gasteiger partial charge >= 0.3 is 0 Å². The molecule has 0 amide bonds. The first-order valence-electron chi connectivity index (χ1n) is 1.56. The second kappa shape index (κ2) is 2.37. The summed E-state index contributed by atoms with van der Waals surface area (Å²) in [5.74, 6) is 0. The molecule has 1 heterocycles. The van der Waals surface area contributed by atoms with E-state index < -0.39 is 0 Å². The SMILES string of the molecule is [C]1=CC=CSS1. The molecule has 31 valence electrons. The van der Waals surface area contributed by atoms with Crippen LogP contribution >= 0.6 is 21.6 Å². The van der Waals surface area contributed by atoms with Crippen LogP contribution in [0, 0.1) is 5.41 Å². The van der Waals surface area contributed by atoms with Gasteiger partial charge in [-0.25, -0.2) is 0 Å². The van der Waals surface area contributed by atoms with Crippen molar-refractivity contribution in [2.45, 2.75) is 0 Å². The van der Waals surface area contributed by atoms with E-state index in [1.807, 2.05) is 17.6 Å². The van der Waals surface area contributed by atoms with E-state index in [0.29, 0.717) is 0 Å². The lowest BCUT2D eigenvalue weighted by molar-refractivity contribution is 2.05. The fourth-order valence-electron chi connectivity index (χ4n) is 0.194. The topological polar surface area (TPSA) is 0 Å². The number of hydrogen-bond donors (Lipinski definition) is 0. The predicted molar refractivity (Wildman–Crippen MR) is 32.1 cm³/mol. The summed E-state index contributed by atoms with van der Waals surface area (Å²) in [5.41, 5.74) is 0. The summed E-state index contributed by atoms with van der Waals surface area (Å²) in [6.45, 7) is 0. The molecule has 2 heteroatoms. The predicted octanol–water partition coefficient (Wildman–Crippen LogP) is 2.21.